The highest BCUT2D eigenvalue weighted by Crippen LogP contribution is 2.19. The number of hydrogen-bond donors (Lipinski definition) is 3. The smallest absolute Gasteiger partial charge is 0.220 e. The van der Waals surface area contributed by atoms with Crippen molar-refractivity contribution in [2.75, 3.05) is 6.61 Å². The van der Waals surface area contributed by atoms with Gasteiger partial charge in [-0.15, -0.1) is 0 Å². The normalized spacial score (nSPS) is 12.8. The highest BCUT2D eigenvalue weighted by atomic mass is 16.3. The van der Waals surface area contributed by atoms with Gasteiger partial charge in [0.2, 0.25) is 5.91 Å². The molecule has 3 N–H and O–H groups in total. The fourth-order valence-electron chi connectivity index (χ4n) is 11.6. The number of amides is 1. The molecule has 0 fully saturated rings. The van der Waals surface area contributed by atoms with Gasteiger partial charge in [0.25, 0.3) is 0 Å². The molecule has 0 saturated carbocycles. The first-order chi connectivity index (χ1) is 38.7. The number of carbonyl (C=O) groups is 1. The van der Waals surface area contributed by atoms with Gasteiger partial charge in [-0.2, -0.15) is 0 Å². The van der Waals surface area contributed by atoms with Gasteiger partial charge in [0.05, 0.1) is 18.8 Å². The fraction of sp³-hybridized carbons (Fsp3) is 0.905. The Morgan fingerprint density at radius 2 is 0.526 bits per heavy atom. The average molecular weight is 1090 g/mol. The summed E-state index contributed by atoms with van der Waals surface area (Å²) in [6.45, 7) is 4.35. The Morgan fingerprint density at radius 3 is 0.769 bits per heavy atom. The minimum atomic E-state index is -0.840. The molecule has 0 radical (unpaired) electrons. The predicted octanol–water partition coefficient (Wildman–Crippen LogP) is 24.7. The fourth-order valence-corrected chi connectivity index (χ4v) is 11.6. The number of allylic oxidation sites excluding steroid dienone is 5. The van der Waals surface area contributed by atoms with Crippen LogP contribution in [0.3, 0.4) is 0 Å². The van der Waals surface area contributed by atoms with Crippen molar-refractivity contribution >= 4 is 5.91 Å². The molecule has 4 nitrogen and oxygen atoms in total. The second-order valence-corrected chi connectivity index (χ2v) is 25.0. The molecule has 0 aliphatic rings. The number of aliphatic hydroxyl groups is 2. The van der Waals surface area contributed by atoms with Crippen LogP contribution in [-0.4, -0.2) is 34.9 Å². The molecule has 4 heteroatoms. The summed E-state index contributed by atoms with van der Waals surface area (Å²) >= 11 is 0. The van der Waals surface area contributed by atoms with Crippen molar-refractivity contribution < 1.29 is 15.0 Å². The van der Waals surface area contributed by atoms with E-state index in [1.807, 2.05) is 6.08 Å². The van der Waals surface area contributed by atoms with Crippen LogP contribution in [0.25, 0.3) is 0 Å². The van der Waals surface area contributed by atoms with Crippen molar-refractivity contribution in [3.05, 3.63) is 36.5 Å². The lowest BCUT2D eigenvalue weighted by atomic mass is 10.0. The molecule has 0 rings (SSSR count). The van der Waals surface area contributed by atoms with Gasteiger partial charge in [0.15, 0.2) is 0 Å². The van der Waals surface area contributed by atoms with Crippen LogP contribution in [-0.2, 0) is 4.79 Å². The van der Waals surface area contributed by atoms with Crippen molar-refractivity contribution in [2.45, 2.75) is 424 Å². The molecular weight excluding hydrogens is 951 g/mol. The molecule has 0 bridgehead atoms. The largest absolute Gasteiger partial charge is 0.394 e. The maximum atomic E-state index is 12.5. The van der Waals surface area contributed by atoms with Gasteiger partial charge in [-0.3, -0.25) is 4.79 Å². The van der Waals surface area contributed by atoms with E-state index in [1.165, 1.54) is 360 Å². The molecule has 0 saturated heterocycles. The molecule has 2 unspecified atom stereocenters. The Kier molecular flexibility index (Phi) is 68.6. The number of aliphatic hydroxyl groups excluding tert-OH is 2. The lowest BCUT2D eigenvalue weighted by molar-refractivity contribution is -0.123. The first-order valence-electron chi connectivity index (χ1n) is 36.2. The first kappa shape index (κ1) is 76.6. The van der Waals surface area contributed by atoms with Gasteiger partial charge in [0, 0.05) is 6.42 Å². The van der Waals surface area contributed by atoms with Gasteiger partial charge in [-0.05, 0) is 51.4 Å². The molecule has 0 aromatic heterocycles. The van der Waals surface area contributed by atoms with Gasteiger partial charge in [-0.1, -0.05) is 391 Å². The average Bonchev–Trinajstić information content (AvgIpc) is 3.44. The predicted molar refractivity (Wildman–Crippen MR) is 350 cm³/mol. The molecule has 0 aromatic rings. The zero-order chi connectivity index (χ0) is 56.2. The van der Waals surface area contributed by atoms with Gasteiger partial charge in [-0.25, -0.2) is 0 Å². The van der Waals surface area contributed by atoms with Crippen LogP contribution in [0.1, 0.15) is 412 Å². The minimum absolute atomic E-state index is 0.0552. The lowest BCUT2D eigenvalue weighted by Crippen LogP contribution is -2.45. The van der Waals surface area contributed by atoms with E-state index in [4.69, 9.17) is 0 Å². The molecule has 0 heterocycles. The van der Waals surface area contributed by atoms with Gasteiger partial charge < -0.3 is 15.5 Å². The maximum Gasteiger partial charge on any atom is 0.220 e. The summed E-state index contributed by atoms with van der Waals surface area (Å²) in [5.74, 6) is -0.0552. The minimum Gasteiger partial charge on any atom is -0.394 e. The van der Waals surface area contributed by atoms with Crippen LogP contribution in [0.15, 0.2) is 36.5 Å². The van der Waals surface area contributed by atoms with E-state index in [0.29, 0.717) is 6.42 Å². The number of rotatable bonds is 68. The Labute approximate surface area is 491 Å². The van der Waals surface area contributed by atoms with Crippen LogP contribution in [0.4, 0.5) is 0 Å². The third kappa shape index (κ3) is 65.4. The highest BCUT2D eigenvalue weighted by molar-refractivity contribution is 5.76. The SMILES string of the molecule is CCCCCCC/C=C\C/C=C\CCCCCCCCCCCCCCCCCCCCCCCC(=O)NC(CO)C(O)/C=C/CCCCCCCCCCCCCCCCCCCCCCCCCCCCCCCCC. The Morgan fingerprint density at radius 1 is 0.308 bits per heavy atom. The number of nitrogens with one attached hydrogen (secondary N) is 1. The topological polar surface area (TPSA) is 69.6 Å². The number of unbranched alkanes of at least 4 members (excludes halogenated alkanes) is 57. The summed E-state index contributed by atoms with van der Waals surface area (Å²) in [6.07, 6.45) is 96.8. The van der Waals surface area contributed by atoms with Crippen molar-refractivity contribution in [3.63, 3.8) is 0 Å². The first-order valence-corrected chi connectivity index (χ1v) is 36.2. The summed E-state index contributed by atoms with van der Waals surface area (Å²) in [5, 5.41) is 23.3. The van der Waals surface area contributed by atoms with E-state index in [9.17, 15) is 15.0 Å². The number of carbonyl (C=O) groups excluding carboxylic acids is 1. The van der Waals surface area contributed by atoms with E-state index < -0.39 is 12.1 Å². The van der Waals surface area contributed by atoms with Gasteiger partial charge >= 0.3 is 0 Å². The lowest BCUT2D eigenvalue weighted by Gasteiger charge is -2.20. The molecule has 78 heavy (non-hydrogen) atoms. The second-order valence-electron chi connectivity index (χ2n) is 25.0. The van der Waals surface area contributed by atoms with E-state index in [1.54, 1.807) is 6.08 Å². The summed E-state index contributed by atoms with van der Waals surface area (Å²) < 4.78 is 0. The standard InChI is InChI=1S/C74H143NO3/c1-3-5-7-9-11-13-15-17-19-21-23-25-27-29-31-33-35-37-39-41-43-45-47-49-51-53-55-57-59-61-63-65-67-69-73(77)72(71-76)75-74(78)70-68-66-64-62-60-58-56-54-52-50-48-46-44-42-40-38-36-34-32-30-28-26-24-22-20-18-16-14-12-10-8-6-4-2/h16,18,22,24,67,69,72-73,76-77H,3-15,17,19-21,23,25-66,68,70-71H2,1-2H3,(H,75,78)/b18-16-,24-22-,69-67+. The number of hydrogen-bond acceptors (Lipinski definition) is 3. The summed E-state index contributed by atoms with van der Waals surface area (Å²) in [4.78, 5) is 12.5. The Bertz CT molecular complexity index is 1190. The molecule has 2 atom stereocenters. The third-order valence-electron chi connectivity index (χ3n) is 17.1. The van der Waals surface area contributed by atoms with E-state index >= 15 is 0 Å². The van der Waals surface area contributed by atoms with E-state index in [2.05, 4.69) is 43.5 Å². The zero-order valence-electron chi connectivity index (χ0n) is 53.5. The van der Waals surface area contributed by atoms with Crippen molar-refractivity contribution in [3.8, 4) is 0 Å². The van der Waals surface area contributed by atoms with Crippen molar-refractivity contribution in [1.82, 2.24) is 5.32 Å². The molecule has 0 spiro atoms. The Hall–Kier alpha value is -1.39. The molecule has 0 aliphatic heterocycles. The molecule has 1 amide bonds. The summed E-state index contributed by atoms with van der Waals surface area (Å²) in [6, 6.07) is -0.623. The maximum absolute atomic E-state index is 12.5. The summed E-state index contributed by atoms with van der Waals surface area (Å²) in [7, 11) is 0. The van der Waals surface area contributed by atoms with Crippen molar-refractivity contribution in [2.24, 2.45) is 0 Å². The quantitative estimate of drug-likeness (QED) is 0.0420. The van der Waals surface area contributed by atoms with Crippen molar-refractivity contribution in [1.29, 1.82) is 0 Å². The summed E-state index contributed by atoms with van der Waals surface area (Å²) in [5.41, 5.74) is 0. The van der Waals surface area contributed by atoms with Crippen LogP contribution in [0.5, 0.6) is 0 Å². The van der Waals surface area contributed by atoms with Crippen LogP contribution < -0.4 is 5.32 Å². The van der Waals surface area contributed by atoms with E-state index in [-0.39, 0.29) is 12.5 Å². The van der Waals surface area contributed by atoms with Crippen LogP contribution in [0.2, 0.25) is 0 Å². The molecule has 462 valence electrons. The third-order valence-corrected chi connectivity index (χ3v) is 17.1. The molecular formula is C74H143NO3. The second kappa shape index (κ2) is 69.9. The van der Waals surface area contributed by atoms with E-state index in [0.717, 1.165) is 32.1 Å². The zero-order valence-corrected chi connectivity index (χ0v) is 53.5. The Balaban J connectivity index is 3.41. The highest BCUT2D eigenvalue weighted by Gasteiger charge is 2.18. The van der Waals surface area contributed by atoms with Crippen LogP contribution in [0, 0.1) is 0 Å². The monoisotopic (exact) mass is 1090 g/mol. The molecule has 0 aliphatic carbocycles. The van der Waals surface area contributed by atoms with Gasteiger partial charge in [0.1, 0.15) is 0 Å². The van der Waals surface area contributed by atoms with Crippen LogP contribution >= 0.6 is 0 Å². The molecule has 0 aromatic carbocycles.